The van der Waals surface area contributed by atoms with Crippen LogP contribution in [-0.2, 0) is 9.59 Å². The normalized spacial score (nSPS) is 14.0. The lowest BCUT2D eigenvalue weighted by Crippen LogP contribution is -2.34. The number of amides is 2. The van der Waals surface area contributed by atoms with Crippen LogP contribution >= 0.6 is 0 Å². The second kappa shape index (κ2) is 5.82. The molecule has 0 radical (unpaired) electrons. The fourth-order valence-corrected chi connectivity index (χ4v) is 1.85. The zero-order valence-corrected chi connectivity index (χ0v) is 10.9. The Morgan fingerprint density at radius 3 is 2.74 bits per heavy atom. The summed E-state index contributed by atoms with van der Waals surface area (Å²) >= 11 is 0. The Bertz CT molecular complexity index is 486. The van der Waals surface area contributed by atoms with Crippen molar-refractivity contribution in [2.45, 2.75) is 32.2 Å². The predicted octanol–water partition coefficient (Wildman–Crippen LogP) is 1.85. The Balaban J connectivity index is 1.95. The lowest BCUT2D eigenvalue weighted by atomic mass is 10.2. The fourth-order valence-electron chi connectivity index (χ4n) is 1.85. The molecule has 1 saturated carbocycles. The van der Waals surface area contributed by atoms with Gasteiger partial charge in [-0.3, -0.25) is 9.59 Å². The van der Waals surface area contributed by atoms with Crippen LogP contribution in [0.4, 0.5) is 10.1 Å². The summed E-state index contributed by atoms with van der Waals surface area (Å²) in [5, 5.41) is 2.86. The predicted molar refractivity (Wildman–Crippen MR) is 70.2 cm³/mol. The number of benzene rings is 1. The molecule has 0 bridgehead atoms. The van der Waals surface area contributed by atoms with Crippen molar-refractivity contribution in [1.29, 1.82) is 0 Å². The standard InChI is InChI=1S/C14H17FN2O2/c1-10(18)17(13-4-2-3-11(15)9-13)8-7-14(19)16-12-5-6-12/h2-4,9,12H,5-8H2,1H3,(H,16,19). The Morgan fingerprint density at radius 1 is 1.42 bits per heavy atom. The summed E-state index contributed by atoms with van der Waals surface area (Å²) in [6.45, 7) is 1.67. The number of carbonyl (C=O) groups is 2. The van der Waals surface area contributed by atoms with Crippen LogP contribution in [0.25, 0.3) is 0 Å². The van der Waals surface area contributed by atoms with E-state index < -0.39 is 5.82 Å². The highest BCUT2D eigenvalue weighted by molar-refractivity contribution is 5.92. The molecule has 5 heteroatoms. The summed E-state index contributed by atoms with van der Waals surface area (Å²) in [6.07, 6.45) is 2.30. The topological polar surface area (TPSA) is 49.4 Å². The molecule has 0 heterocycles. The van der Waals surface area contributed by atoms with E-state index in [9.17, 15) is 14.0 Å². The van der Waals surface area contributed by atoms with E-state index in [2.05, 4.69) is 5.32 Å². The van der Waals surface area contributed by atoms with E-state index in [4.69, 9.17) is 0 Å². The molecule has 0 aromatic heterocycles. The molecule has 1 aliphatic rings. The van der Waals surface area contributed by atoms with Gasteiger partial charge >= 0.3 is 0 Å². The Hall–Kier alpha value is -1.91. The van der Waals surface area contributed by atoms with Gasteiger partial charge in [0.2, 0.25) is 11.8 Å². The third-order valence-electron chi connectivity index (χ3n) is 3.00. The van der Waals surface area contributed by atoms with Crippen LogP contribution in [0.15, 0.2) is 24.3 Å². The zero-order chi connectivity index (χ0) is 13.8. The third kappa shape index (κ3) is 4.05. The first-order valence-corrected chi connectivity index (χ1v) is 6.39. The van der Waals surface area contributed by atoms with Crippen LogP contribution in [0, 0.1) is 5.82 Å². The molecular formula is C14H17FN2O2. The first-order chi connectivity index (χ1) is 9.06. The number of carbonyl (C=O) groups excluding carboxylic acids is 2. The maximum atomic E-state index is 13.2. The highest BCUT2D eigenvalue weighted by Gasteiger charge is 2.23. The molecule has 1 aliphatic carbocycles. The number of rotatable bonds is 5. The Kier molecular flexibility index (Phi) is 4.14. The molecule has 0 unspecified atom stereocenters. The van der Waals surface area contributed by atoms with E-state index in [-0.39, 0.29) is 24.8 Å². The molecule has 0 saturated heterocycles. The molecule has 0 spiro atoms. The molecule has 0 atom stereocenters. The average Bonchev–Trinajstić information content (AvgIpc) is 3.12. The van der Waals surface area contributed by atoms with E-state index in [0.29, 0.717) is 11.7 Å². The van der Waals surface area contributed by atoms with Gasteiger partial charge in [-0.1, -0.05) is 6.07 Å². The minimum Gasteiger partial charge on any atom is -0.353 e. The van der Waals surface area contributed by atoms with E-state index in [1.54, 1.807) is 12.1 Å². The molecule has 4 nitrogen and oxygen atoms in total. The van der Waals surface area contributed by atoms with E-state index in [0.717, 1.165) is 12.8 Å². The molecular weight excluding hydrogens is 247 g/mol. The van der Waals surface area contributed by atoms with Crippen molar-refractivity contribution < 1.29 is 14.0 Å². The van der Waals surface area contributed by atoms with Crippen molar-refractivity contribution in [1.82, 2.24) is 5.32 Å². The molecule has 2 amide bonds. The average molecular weight is 264 g/mol. The maximum Gasteiger partial charge on any atom is 0.223 e. The van der Waals surface area contributed by atoms with Crippen molar-refractivity contribution in [3.05, 3.63) is 30.1 Å². The molecule has 2 rings (SSSR count). The van der Waals surface area contributed by atoms with Gasteiger partial charge in [0.1, 0.15) is 5.82 Å². The molecule has 1 aromatic rings. The van der Waals surface area contributed by atoms with Crippen LogP contribution in [0.1, 0.15) is 26.2 Å². The highest BCUT2D eigenvalue weighted by Crippen LogP contribution is 2.19. The van der Waals surface area contributed by atoms with Crippen molar-refractivity contribution in [3.8, 4) is 0 Å². The lowest BCUT2D eigenvalue weighted by molar-refractivity contribution is -0.121. The number of halogens is 1. The van der Waals surface area contributed by atoms with Gasteiger partial charge in [-0.05, 0) is 31.0 Å². The second-order valence-corrected chi connectivity index (χ2v) is 4.74. The molecule has 1 fully saturated rings. The van der Waals surface area contributed by atoms with Crippen molar-refractivity contribution in [2.24, 2.45) is 0 Å². The van der Waals surface area contributed by atoms with Gasteiger partial charge in [0.15, 0.2) is 0 Å². The lowest BCUT2D eigenvalue weighted by Gasteiger charge is -2.21. The first-order valence-electron chi connectivity index (χ1n) is 6.39. The Morgan fingerprint density at radius 2 is 2.16 bits per heavy atom. The smallest absolute Gasteiger partial charge is 0.223 e. The number of nitrogens with one attached hydrogen (secondary N) is 1. The molecule has 1 N–H and O–H groups in total. The van der Waals surface area contributed by atoms with Gasteiger partial charge in [-0.15, -0.1) is 0 Å². The van der Waals surface area contributed by atoms with Crippen LogP contribution in [0.2, 0.25) is 0 Å². The monoisotopic (exact) mass is 264 g/mol. The molecule has 0 aliphatic heterocycles. The van der Waals surface area contributed by atoms with E-state index in [1.807, 2.05) is 0 Å². The SMILES string of the molecule is CC(=O)N(CCC(=O)NC1CC1)c1cccc(F)c1. The zero-order valence-electron chi connectivity index (χ0n) is 10.9. The number of hydrogen-bond donors (Lipinski definition) is 1. The van der Waals surface area contributed by atoms with Gasteiger partial charge in [0, 0.05) is 31.6 Å². The van der Waals surface area contributed by atoms with Crippen molar-refractivity contribution >= 4 is 17.5 Å². The van der Waals surface area contributed by atoms with Crippen molar-refractivity contribution in [2.75, 3.05) is 11.4 Å². The Labute approximate surface area is 111 Å². The third-order valence-corrected chi connectivity index (χ3v) is 3.00. The van der Waals surface area contributed by atoms with Gasteiger partial charge in [-0.25, -0.2) is 4.39 Å². The van der Waals surface area contributed by atoms with Gasteiger partial charge in [0.25, 0.3) is 0 Å². The summed E-state index contributed by atoms with van der Waals surface area (Å²) in [5.41, 5.74) is 0.478. The second-order valence-electron chi connectivity index (χ2n) is 4.74. The molecule has 1 aromatic carbocycles. The first kappa shape index (κ1) is 13.5. The van der Waals surface area contributed by atoms with E-state index in [1.165, 1.54) is 24.0 Å². The van der Waals surface area contributed by atoms with Gasteiger partial charge < -0.3 is 10.2 Å². The number of hydrogen-bond acceptors (Lipinski definition) is 2. The van der Waals surface area contributed by atoms with Crippen LogP contribution in [-0.4, -0.2) is 24.4 Å². The number of nitrogens with zero attached hydrogens (tertiary/aromatic N) is 1. The maximum absolute atomic E-state index is 13.2. The summed E-state index contributed by atoms with van der Waals surface area (Å²) in [6, 6.07) is 6.13. The van der Waals surface area contributed by atoms with Gasteiger partial charge in [-0.2, -0.15) is 0 Å². The highest BCUT2D eigenvalue weighted by atomic mass is 19.1. The summed E-state index contributed by atoms with van der Waals surface area (Å²) in [7, 11) is 0. The summed E-state index contributed by atoms with van der Waals surface area (Å²) in [4.78, 5) is 24.6. The largest absolute Gasteiger partial charge is 0.353 e. The van der Waals surface area contributed by atoms with Crippen LogP contribution in [0.3, 0.4) is 0 Å². The van der Waals surface area contributed by atoms with Crippen LogP contribution < -0.4 is 10.2 Å². The summed E-state index contributed by atoms with van der Waals surface area (Å²) < 4.78 is 13.2. The summed E-state index contributed by atoms with van der Waals surface area (Å²) in [5.74, 6) is -0.666. The molecule has 19 heavy (non-hydrogen) atoms. The molecule has 102 valence electrons. The quantitative estimate of drug-likeness (QED) is 0.882. The van der Waals surface area contributed by atoms with Crippen LogP contribution in [0.5, 0.6) is 0 Å². The minimum absolute atomic E-state index is 0.0647. The van der Waals surface area contributed by atoms with Gasteiger partial charge in [0.05, 0.1) is 0 Å². The van der Waals surface area contributed by atoms with Crippen molar-refractivity contribution in [3.63, 3.8) is 0 Å². The minimum atomic E-state index is -0.397. The fraction of sp³-hybridized carbons (Fsp3) is 0.429. The van der Waals surface area contributed by atoms with E-state index >= 15 is 0 Å². The number of anilines is 1.